The second-order valence-electron chi connectivity index (χ2n) is 9.77. The number of pyridine rings is 1. The number of carbonyl (C=O) groups excluding carboxylic acids is 2. The first-order valence-electron chi connectivity index (χ1n) is 12.5. The van der Waals surface area contributed by atoms with Gasteiger partial charge in [0.15, 0.2) is 5.65 Å². The molecule has 0 spiro atoms. The Hall–Kier alpha value is -4.52. The molecule has 37 heavy (non-hydrogen) atoms. The van der Waals surface area contributed by atoms with E-state index in [4.69, 9.17) is 0 Å². The van der Waals surface area contributed by atoms with E-state index in [9.17, 15) is 14.9 Å². The van der Waals surface area contributed by atoms with E-state index in [1.165, 1.54) is 0 Å². The topological polar surface area (TPSA) is 121 Å². The summed E-state index contributed by atoms with van der Waals surface area (Å²) in [6.45, 7) is 1.10. The quantitative estimate of drug-likeness (QED) is 0.438. The summed E-state index contributed by atoms with van der Waals surface area (Å²) in [5.41, 5.74) is 2.41. The Kier molecular flexibility index (Phi) is 5.68. The van der Waals surface area contributed by atoms with Gasteiger partial charge in [-0.25, -0.2) is 4.52 Å². The third-order valence-electron chi connectivity index (χ3n) is 7.32. The van der Waals surface area contributed by atoms with Gasteiger partial charge in [0, 0.05) is 36.3 Å². The largest absolute Gasteiger partial charge is 0.338 e. The van der Waals surface area contributed by atoms with E-state index in [2.05, 4.69) is 26.6 Å². The number of nitrogens with one attached hydrogen (secondary N) is 1. The Morgan fingerprint density at radius 2 is 1.86 bits per heavy atom. The van der Waals surface area contributed by atoms with Gasteiger partial charge in [0.2, 0.25) is 11.9 Å². The minimum atomic E-state index is -0.500. The van der Waals surface area contributed by atoms with E-state index in [1.54, 1.807) is 10.7 Å². The second-order valence-corrected chi connectivity index (χ2v) is 9.77. The minimum Gasteiger partial charge on any atom is -0.338 e. The van der Waals surface area contributed by atoms with E-state index in [-0.39, 0.29) is 23.7 Å². The number of carbonyl (C=O) groups is 2. The van der Waals surface area contributed by atoms with Crippen molar-refractivity contribution in [3.8, 4) is 17.3 Å². The lowest BCUT2D eigenvalue weighted by molar-refractivity contribution is -0.117. The van der Waals surface area contributed by atoms with Crippen molar-refractivity contribution >= 4 is 23.4 Å². The predicted octanol–water partition coefficient (Wildman–Crippen LogP) is 3.49. The monoisotopic (exact) mass is 494 g/mol. The van der Waals surface area contributed by atoms with Gasteiger partial charge in [0.05, 0.1) is 29.9 Å². The van der Waals surface area contributed by atoms with Gasteiger partial charge in [-0.1, -0.05) is 24.3 Å². The van der Waals surface area contributed by atoms with Crippen LogP contribution in [0.15, 0.2) is 60.9 Å². The molecule has 0 bridgehead atoms. The molecule has 3 aromatic heterocycles. The molecule has 4 aromatic rings. The average Bonchev–Trinajstić information content (AvgIpc) is 3.52. The molecule has 10 nitrogen and oxygen atoms in total. The lowest BCUT2D eigenvalue weighted by atomic mass is 9.84. The summed E-state index contributed by atoms with van der Waals surface area (Å²) >= 11 is 0. The van der Waals surface area contributed by atoms with Gasteiger partial charge in [-0.05, 0) is 49.9 Å². The Labute approximate surface area is 213 Å². The van der Waals surface area contributed by atoms with Crippen LogP contribution in [0.25, 0.3) is 16.9 Å². The van der Waals surface area contributed by atoms with Crippen LogP contribution in [-0.4, -0.2) is 54.2 Å². The van der Waals surface area contributed by atoms with Crippen molar-refractivity contribution in [1.29, 1.82) is 5.26 Å². The van der Waals surface area contributed by atoms with Crippen LogP contribution in [0.1, 0.15) is 42.5 Å². The molecule has 2 aliphatic rings. The smallest absolute Gasteiger partial charge is 0.253 e. The number of hydrogen-bond acceptors (Lipinski definition) is 6. The fourth-order valence-electron chi connectivity index (χ4n) is 4.97. The molecule has 4 heterocycles. The molecule has 1 aromatic carbocycles. The molecule has 1 aliphatic carbocycles. The zero-order valence-electron chi connectivity index (χ0n) is 20.2. The van der Waals surface area contributed by atoms with Crippen molar-refractivity contribution in [3.63, 3.8) is 0 Å². The van der Waals surface area contributed by atoms with Crippen molar-refractivity contribution in [1.82, 2.24) is 29.3 Å². The van der Waals surface area contributed by atoms with Crippen LogP contribution in [0.4, 0.5) is 5.95 Å². The van der Waals surface area contributed by atoms with Crippen LogP contribution in [-0.2, 0) is 10.3 Å². The number of piperidine rings is 1. The number of nitrogens with zero attached hydrogens (tertiary/aromatic N) is 7. The Morgan fingerprint density at radius 3 is 2.59 bits per heavy atom. The van der Waals surface area contributed by atoms with E-state index in [0.29, 0.717) is 43.6 Å². The summed E-state index contributed by atoms with van der Waals surface area (Å²) in [5, 5.41) is 21.6. The lowest BCUT2D eigenvalue weighted by Crippen LogP contribution is -2.48. The van der Waals surface area contributed by atoms with E-state index < -0.39 is 5.54 Å². The maximum Gasteiger partial charge on any atom is 0.253 e. The Morgan fingerprint density at radius 1 is 1.08 bits per heavy atom. The Bertz CT molecular complexity index is 1500. The molecule has 6 rings (SSSR count). The van der Waals surface area contributed by atoms with Gasteiger partial charge in [-0.3, -0.25) is 19.6 Å². The first kappa shape index (κ1) is 22.9. The highest BCUT2D eigenvalue weighted by Crippen LogP contribution is 2.35. The summed E-state index contributed by atoms with van der Waals surface area (Å²) in [5.74, 6) is 0.318. The number of anilines is 1. The minimum absolute atomic E-state index is 0.00903. The van der Waals surface area contributed by atoms with Crippen LogP contribution < -0.4 is 5.32 Å². The number of benzene rings is 1. The fraction of sp³-hybridized carbons (Fsp3) is 0.333. The third kappa shape index (κ3) is 4.33. The second kappa shape index (κ2) is 9.17. The van der Waals surface area contributed by atoms with Gasteiger partial charge >= 0.3 is 0 Å². The van der Waals surface area contributed by atoms with Crippen LogP contribution in [0.5, 0.6) is 0 Å². The summed E-state index contributed by atoms with van der Waals surface area (Å²) in [4.78, 5) is 31.4. The number of nitriles is 1. The van der Waals surface area contributed by atoms with Crippen molar-refractivity contribution < 1.29 is 9.59 Å². The number of aromatic nitrogens is 5. The summed E-state index contributed by atoms with van der Waals surface area (Å²) in [6, 6.07) is 17.3. The van der Waals surface area contributed by atoms with E-state index >= 15 is 0 Å². The maximum atomic E-state index is 12.9. The highest BCUT2D eigenvalue weighted by atomic mass is 16.2. The molecule has 186 valence electrons. The van der Waals surface area contributed by atoms with Crippen molar-refractivity contribution in [2.75, 3.05) is 18.4 Å². The van der Waals surface area contributed by atoms with Gasteiger partial charge in [-0.15, -0.1) is 5.10 Å². The zero-order valence-corrected chi connectivity index (χ0v) is 20.2. The molecule has 1 aliphatic heterocycles. The normalized spacial score (nSPS) is 16.9. The average molecular weight is 495 g/mol. The van der Waals surface area contributed by atoms with Gasteiger partial charge in [0.1, 0.15) is 0 Å². The highest BCUT2D eigenvalue weighted by molar-refractivity contribution is 5.94. The summed E-state index contributed by atoms with van der Waals surface area (Å²) in [6.07, 6.45) is 7.07. The van der Waals surface area contributed by atoms with Gasteiger partial charge in [0.25, 0.3) is 5.91 Å². The molecule has 1 N–H and O–H groups in total. The van der Waals surface area contributed by atoms with Crippen LogP contribution in [0.3, 0.4) is 0 Å². The highest BCUT2D eigenvalue weighted by Gasteiger charge is 2.38. The third-order valence-corrected chi connectivity index (χ3v) is 7.32. The van der Waals surface area contributed by atoms with Crippen LogP contribution in [0, 0.1) is 17.2 Å². The number of fused-ring (bicyclic) bond motifs is 1. The molecular formula is C27H26N8O2. The summed E-state index contributed by atoms with van der Waals surface area (Å²) < 4.78 is 3.57. The maximum absolute atomic E-state index is 12.9. The van der Waals surface area contributed by atoms with Gasteiger partial charge in [-0.2, -0.15) is 15.3 Å². The molecule has 0 atom stereocenters. The van der Waals surface area contributed by atoms with E-state index in [0.717, 1.165) is 24.1 Å². The fourth-order valence-corrected chi connectivity index (χ4v) is 4.97. The molecule has 2 fully saturated rings. The summed E-state index contributed by atoms with van der Waals surface area (Å²) in [7, 11) is 0. The first-order valence-corrected chi connectivity index (χ1v) is 12.5. The van der Waals surface area contributed by atoms with Gasteiger partial charge < -0.3 is 4.90 Å². The van der Waals surface area contributed by atoms with Crippen LogP contribution >= 0.6 is 0 Å². The number of likely N-dealkylation sites (tertiary alicyclic amines) is 1. The van der Waals surface area contributed by atoms with Crippen molar-refractivity contribution in [2.45, 2.75) is 37.6 Å². The molecular weight excluding hydrogens is 468 g/mol. The molecule has 0 unspecified atom stereocenters. The zero-order chi connectivity index (χ0) is 25.4. The molecule has 1 saturated heterocycles. The SMILES string of the molecule is N#CCC1(n2cc(-c3cccc4nc(NC(=O)C5CC5)nn34)cn2)CCN(C(=O)c2ccccc2)CC1. The van der Waals surface area contributed by atoms with Crippen LogP contribution in [0.2, 0.25) is 0 Å². The Balaban J connectivity index is 1.24. The lowest BCUT2D eigenvalue weighted by Gasteiger charge is -2.40. The number of rotatable bonds is 6. The molecule has 1 saturated carbocycles. The number of hydrogen-bond donors (Lipinski definition) is 1. The molecule has 10 heteroatoms. The van der Waals surface area contributed by atoms with Crippen molar-refractivity contribution in [3.05, 3.63) is 66.5 Å². The first-order chi connectivity index (χ1) is 18.1. The number of amides is 2. The van der Waals surface area contributed by atoms with E-state index in [1.807, 2.05) is 64.3 Å². The standard InChI is InChI=1S/C27H26N8O2/c28-14-11-27(12-15-33(16-13-27)25(37)20-5-2-1-3-6-20)34-18-21(17-29-34)22-7-4-8-23-30-26(32-35(22)23)31-24(36)19-9-10-19/h1-8,17-19H,9-13,15-16H2,(H,31,32,36). The predicted molar refractivity (Wildman–Crippen MR) is 135 cm³/mol. The van der Waals surface area contributed by atoms with Crippen molar-refractivity contribution in [2.24, 2.45) is 5.92 Å². The molecule has 2 amide bonds. The molecule has 0 radical (unpaired) electrons.